The van der Waals surface area contributed by atoms with Crippen molar-refractivity contribution >= 4 is 11.9 Å². The van der Waals surface area contributed by atoms with Crippen LogP contribution in [0.3, 0.4) is 0 Å². The summed E-state index contributed by atoms with van der Waals surface area (Å²) in [7, 11) is 0. The fourth-order valence-corrected chi connectivity index (χ4v) is 5.17. The molecule has 4 rings (SSSR count). The van der Waals surface area contributed by atoms with Crippen molar-refractivity contribution < 1.29 is 19.4 Å². The zero-order chi connectivity index (χ0) is 26.2. The highest BCUT2D eigenvalue weighted by molar-refractivity contribution is 5.94. The number of benzene rings is 3. The molecular formula is C31H35NO4. The van der Waals surface area contributed by atoms with E-state index in [4.69, 9.17) is 4.74 Å². The zero-order valence-corrected chi connectivity index (χ0v) is 22.0. The topological polar surface area (TPSA) is 66.8 Å². The Hall–Kier alpha value is -3.44. The number of aliphatic carboxylic acids is 1. The standard InChI is InChI=1S/C31H35NO4/c1-19-12-14-22(15-13-19)26-21(3)25-18-32(29(33)23-10-8-7-9-11-23)17-16-24(25)20(2)27(26)28(30(34)35)36-31(4,5)6/h7-15,28H,16-18H2,1-6H3,(H,34,35)/t28-/m0/s1. The quantitative estimate of drug-likeness (QED) is 0.453. The highest BCUT2D eigenvalue weighted by Crippen LogP contribution is 2.42. The van der Waals surface area contributed by atoms with E-state index in [2.05, 4.69) is 0 Å². The third kappa shape index (κ3) is 5.07. The summed E-state index contributed by atoms with van der Waals surface area (Å²) in [5.74, 6) is -0.990. The van der Waals surface area contributed by atoms with Crippen molar-refractivity contribution in [3.63, 3.8) is 0 Å². The molecule has 3 aromatic carbocycles. The Labute approximate surface area is 213 Å². The summed E-state index contributed by atoms with van der Waals surface area (Å²) < 4.78 is 6.15. The molecule has 1 heterocycles. The van der Waals surface area contributed by atoms with Crippen LogP contribution in [0.4, 0.5) is 0 Å². The van der Waals surface area contributed by atoms with E-state index in [1.807, 2.05) is 101 Å². The highest BCUT2D eigenvalue weighted by atomic mass is 16.5. The molecule has 1 N–H and O–H groups in total. The van der Waals surface area contributed by atoms with E-state index in [0.717, 1.165) is 38.9 Å². The molecular weight excluding hydrogens is 450 g/mol. The molecule has 36 heavy (non-hydrogen) atoms. The van der Waals surface area contributed by atoms with Gasteiger partial charge in [0.2, 0.25) is 0 Å². The summed E-state index contributed by atoms with van der Waals surface area (Å²) in [6, 6.07) is 17.5. The Morgan fingerprint density at radius 2 is 1.56 bits per heavy atom. The van der Waals surface area contributed by atoms with Gasteiger partial charge in [0.05, 0.1) is 5.60 Å². The largest absolute Gasteiger partial charge is 0.479 e. The molecule has 0 fully saturated rings. The first-order valence-electron chi connectivity index (χ1n) is 12.4. The number of hydrogen-bond donors (Lipinski definition) is 1. The van der Waals surface area contributed by atoms with Crippen LogP contribution in [0, 0.1) is 20.8 Å². The van der Waals surface area contributed by atoms with Gasteiger partial charge in [-0.2, -0.15) is 0 Å². The minimum Gasteiger partial charge on any atom is -0.479 e. The van der Waals surface area contributed by atoms with Crippen LogP contribution < -0.4 is 0 Å². The van der Waals surface area contributed by atoms with Gasteiger partial charge in [-0.1, -0.05) is 48.0 Å². The van der Waals surface area contributed by atoms with Gasteiger partial charge in [-0.05, 0) is 93.5 Å². The summed E-state index contributed by atoms with van der Waals surface area (Å²) in [6.45, 7) is 12.8. The van der Waals surface area contributed by atoms with Crippen LogP contribution in [0.15, 0.2) is 54.6 Å². The van der Waals surface area contributed by atoms with Gasteiger partial charge in [-0.3, -0.25) is 4.79 Å². The van der Waals surface area contributed by atoms with E-state index >= 15 is 0 Å². The lowest BCUT2D eigenvalue weighted by Gasteiger charge is -2.35. The molecule has 5 nitrogen and oxygen atoms in total. The molecule has 1 aliphatic heterocycles. The maximum absolute atomic E-state index is 13.2. The summed E-state index contributed by atoms with van der Waals surface area (Å²) in [5.41, 5.74) is 7.89. The Morgan fingerprint density at radius 3 is 2.14 bits per heavy atom. The second kappa shape index (κ2) is 9.90. The number of carboxylic acid groups (broad SMARTS) is 1. The second-order valence-corrected chi connectivity index (χ2v) is 10.7. The average molecular weight is 486 g/mol. The molecule has 188 valence electrons. The van der Waals surface area contributed by atoms with Crippen LogP contribution in [0.5, 0.6) is 0 Å². The van der Waals surface area contributed by atoms with Gasteiger partial charge in [0.25, 0.3) is 5.91 Å². The summed E-state index contributed by atoms with van der Waals surface area (Å²) >= 11 is 0. The number of aryl methyl sites for hydroxylation is 1. The lowest BCUT2D eigenvalue weighted by molar-refractivity contribution is -0.160. The molecule has 0 unspecified atom stereocenters. The summed E-state index contributed by atoms with van der Waals surface area (Å²) in [6.07, 6.45) is -0.432. The Balaban J connectivity index is 1.90. The van der Waals surface area contributed by atoms with Crippen molar-refractivity contribution in [2.24, 2.45) is 0 Å². The fourth-order valence-electron chi connectivity index (χ4n) is 5.17. The number of nitrogens with zero attached hydrogens (tertiary/aromatic N) is 1. The first-order chi connectivity index (χ1) is 17.0. The van der Waals surface area contributed by atoms with Crippen LogP contribution in [-0.2, 0) is 22.5 Å². The summed E-state index contributed by atoms with van der Waals surface area (Å²) in [4.78, 5) is 27.7. The van der Waals surface area contributed by atoms with E-state index in [0.29, 0.717) is 30.6 Å². The van der Waals surface area contributed by atoms with Crippen molar-refractivity contribution in [2.75, 3.05) is 6.54 Å². The number of carbonyl (C=O) groups excluding carboxylic acids is 1. The van der Waals surface area contributed by atoms with Crippen molar-refractivity contribution in [3.05, 3.63) is 93.5 Å². The van der Waals surface area contributed by atoms with Crippen molar-refractivity contribution in [3.8, 4) is 11.1 Å². The minimum atomic E-state index is -1.10. The fraction of sp³-hybridized carbons (Fsp3) is 0.355. The van der Waals surface area contributed by atoms with Gasteiger partial charge in [0, 0.05) is 24.2 Å². The van der Waals surface area contributed by atoms with Gasteiger partial charge in [-0.25, -0.2) is 4.79 Å². The normalized spacial score (nSPS) is 14.3. The molecule has 0 saturated carbocycles. The number of rotatable bonds is 5. The minimum absolute atomic E-state index is 0.0127. The van der Waals surface area contributed by atoms with Crippen molar-refractivity contribution in [1.29, 1.82) is 0 Å². The van der Waals surface area contributed by atoms with Gasteiger partial charge in [-0.15, -0.1) is 0 Å². The molecule has 5 heteroatoms. The maximum atomic E-state index is 13.2. The molecule has 0 bridgehead atoms. The van der Waals surface area contributed by atoms with Crippen LogP contribution in [0.25, 0.3) is 11.1 Å². The van der Waals surface area contributed by atoms with Crippen LogP contribution >= 0.6 is 0 Å². The first-order valence-corrected chi connectivity index (χ1v) is 12.4. The van der Waals surface area contributed by atoms with E-state index in [-0.39, 0.29) is 5.91 Å². The highest BCUT2D eigenvalue weighted by Gasteiger charge is 2.35. The van der Waals surface area contributed by atoms with Gasteiger partial charge in [0.15, 0.2) is 6.10 Å². The van der Waals surface area contributed by atoms with Gasteiger partial charge in [0.1, 0.15) is 0 Å². The van der Waals surface area contributed by atoms with E-state index in [1.54, 1.807) is 0 Å². The summed E-state index contributed by atoms with van der Waals surface area (Å²) in [5, 5.41) is 10.3. The molecule has 0 spiro atoms. The van der Waals surface area contributed by atoms with Crippen molar-refractivity contribution in [2.45, 2.75) is 66.2 Å². The molecule has 0 radical (unpaired) electrons. The number of hydrogen-bond acceptors (Lipinski definition) is 3. The molecule has 1 atom stereocenters. The third-order valence-corrected chi connectivity index (χ3v) is 6.90. The lowest BCUT2D eigenvalue weighted by Crippen LogP contribution is -2.37. The Kier molecular flexibility index (Phi) is 7.05. The first kappa shape index (κ1) is 25.6. The molecule has 0 aliphatic carbocycles. The lowest BCUT2D eigenvalue weighted by atomic mass is 9.80. The number of ether oxygens (including phenoxy) is 1. The van der Waals surface area contributed by atoms with Crippen LogP contribution in [-0.4, -0.2) is 34.0 Å². The van der Waals surface area contributed by atoms with Gasteiger partial charge < -0.3 is 14.7 Å². The number of amides is 1. The van der Waals surface area contributed by atoms with E-state index < -0.39 is 17.7 Å². The van der Waals surface area contributed by atoms with Crippen molar-refractivity contribution in [1.82, 2.24) is 4.90 Å². The Bertz CT molecular complexity index is 1290. The van der Waals surface area contributed by atoms with E-state index in [1.165, 1.54) is 0 Å². The van der Waals surface area contributed by atoms with Gasteiger partial charge >= 0.3 is 5.97 Å². The Morgan fingerprint density at radius 1 is 0.917 bits per heavy atom. The molecule has 1 aliphatic rings. The zero-order valence-electron chi connectivity index (χ0n) is 22.0. The SMILES string of the molecule is Cc1ccc(-c2c(C)c3c(c(C)c2[C@H](OC(C)(C)C)C(=O)O)CCN(C(=O)c2ccccc2)C3)cc1. The average Bonchev–Trinajstić information content (AvgIpc) is 2.84. The van der Waals surface area contributed by atoms with Crippen LogP contribution in [0.1, 0.15) is 70.6 Å². The monoisotopic (exact) mass is 485 g/mol. The second-order valence-electron chi connectivity index (χ2n) is 10.7. The maximum Gasteiger partial charge on any atom is 0.337 e. The molecule has 0 aromatic heterocycles. The molecule has 0 saturated heterocycles. The molecule has 1 amide bonds. The molecule has 3 aromatic rings. The smallest absolute Gasteiger partial charge is 0.337 e. The number of fused-ring (bicyclic) bond motifs is 1. The number of carboxylic acids is 1. The third-order valence-electron chi connectivity index (χ3n) is 6.90. The predicted molar refractivity (Wildman–Crippen MR) is 142 cm³/mol. The predicted octanol–water partition coefficient (Wildman–Crippen LogP) is 6.42. The van der Waals surface area contributed by atoms with E-state index in [9.17, 15) is 14.7 Å². The van der Waals surface area contributed by atoms with Crippen LogP contribution in [0.2, 0.25) is 0 Å². The number of carbonyl (C=O) groups is 2.